The zero-order valence-corrected chi connectivity index (χ0v) is 38.6. The predicted octanol–water partition coefficient (Wildman–Crippen LogP) is 13.7. The number of likely N-dealkylation sites (N-methyl/N-ethyl adjacent to an activating group) is 1. The SMILES string of the molecule is CCCCCCCCCCCCCCCCCCCCCCCCCCC(=O)OC(COCCC(C(=O)O)[N+](C)(C)C)COC(=O)CCCCCCCCCCC. The summed E-state index contributed by atoms with van der Waals surface area (Å²) < 4.78 is 17.3. The van der Waals surface area contributed by atoms with Crippen molar-refractivity contribution in [1.29, 1.82) is 0 Å². The largest absolute Gasteiger partial charge is 0.477 e. The van der Waals surface area contributed by atoms with E-state index in [4.69, 9.17) is 14.2 Å². The summed E-state index contributed by atoms with van der Waals surface area (Å²) in [5.74, 6) is -1.45. The molecule has 2 atom stereocenters. The Hall–Kier alpha value is -1.67. The van der Waals surface area contributed by atoms with Gasteiger partial charge in [0.2, 0.25) is 0 Å². The number of hydrogen-bond acceptors (Lipinski definition) is 6. The molecule has 0 aromatic carbocycles. The standard InChI is InChI=1S/C49H95NO7/c1-6-8-10-12-14-16-17-18-19-20-21-22-23-24-25-26-27-28-29-30-32-34-36-38-40-48(52)57-45(43-55-42-41-46(49(53)54)50(3,4)5)44-56-47(51)39-37-35-33-31-15-13-11-9-7-2/h45-46H,6-44H2,1-5H3/p+1. The van der Waals surface area contributed by atoms with Gasteiger partial charge in [-0.25, -0.2) is 4.79 Å². The van der Waals surface area contributed by atoms with Crippen molar-refractivity contribution in [1.82, 2.24) is 0 Å². The van der Waals surface area contributed by atoms with E-state index in [0.717, 1.165) is 38.5 Å². The second-order valence-electron chi connectivity index (χ2n) is 18.1. The number of esters is 2. The normalized spacial score (nSPS) is 12.8. The van der Waals surface area contributed by atoms with Crippen LogP contribution in [0.3, 0.4) is 0 Å². The van der Waals surface area contributed by atoms with E-state index in [0.29, 0.717) is 19.3 Å². The fraction of sp³-hybridized carbons (Fsp3) is 0.939. The molecule has 8 heteroatoms. The van der Waals surface area contributed by atoms with Gasteiger partial charge in [0.15, 0.2) is 12.1 Å². The molecular formula is C49H96NO7+. The van der Waals surface area contributed by atoms with Gasteiger partial charge in [0.1, 0.15) is 6.61 Å². The maximum Gasteiger partial charge on any atom is 0.362 e. The quantitative estimate of drug-likeness (QED) is 0.0371. The van der Waals surface area contributed by atoms with Gasteiger partial charge >= 0.3 is 17.9 Å². The van der Waals surface area contributed by atoms with E-state index in [1.165, 1.54) is 173 Å². The molecule has 0 aromatic heterocycles. The molecule has 0 aliphatic heterocycles. The Balaban J connectivity index is 4.07. The van der Waals surface area contributed by atoms with E-state index < -0.39 is 18.1 Å². The third kappa shape index (κ3) is 39.6. The Morgan fingerprint density at radius 2 is 0.772 bits per heavy atom. The van der Waals surface area contributed by atoms with Crippen molar-refractivity contribution in [3.05, 3.63) is 0 Å². The summed E-state index contributed by atoms with van der Waals surface area (Å²) in [5, 5.41) is 9.62. The first-order valence-electron chi connectivity index (χ1n) is 24.6. The maximum atomic E-state index is 12.7. The molecule has 0 aliphatic rings. The summed E-state index contributed by atoms with van der Waals surface area (Å²) in [4.78, 5) is 36.9. The lowest BCUT2D eigenvalue weighted by atomic mass is 10.0. The highest BCUT2D eigenvalue weighted by molar-refractivity contribution is 5.72. The molecule has 0 heterocycles. The minimum absolute atomic E-state index is 0.0425. The number of rotatable bonds is 45. The number of carboxylic acid groups (broad SMARTS) is 1. The average molecular weight is 811 g/mol. The van der Waals surface area contributed by atoms with Gasteiger partial charge in [-0.05, 0) is 12.8 Å². The zero-order valence-electron chi connectivity index (χ0n) is 38.6. The third-order valence-electron chi connectivity index (χ3n) is 11.5. The zero-order chi connectivity index (χ0) is 42.1. The molecule has 8 nitrogen and oxygen atoms in total. The van der Waals surface area contributed by atoms with Crippen LogP contribution in [-0.4, -0.2) is 80.6 Å². The number of ether oxygens (including phenoxy) is 3. The number of carbonyl (C=O) groups excluding carboxylic acids is 2. The Morgan fingerprint density at radius 1 is 0.456 bits per heavy atom. The third-order valence-corrected chi connectivity index (χ3v) is 11.5. The second kappa shape index (κ2) is 41.1. The van der Waals surface area contributed by atoms with Crippen LogP contribution in [-0.2, 0) is 28.6 Å². The fourth-order valence-electron chi connectivity index (χ4n) is 7.68. The smallest absolute Gasteiger partial charge is 0.362 e. The molecule has 0 spiro atoms. The molecule has 0 saturated carbocycles. The number of unbranched alkanes of at least 4 members (excludes halogenated alkanes) is 31. The summed E-state index contributed by atoms with van der Waals surface area (Å²) in [6.45, 7) is 4.76. The molecule has 0 aromatic rings. The van der Waals surface area contributed by atoms with Crippen LogP contribution in [0.4, 0.5) is 0 Å². The number of quaternary nitrogens is 1. The molecule has 0 rings (SSSR count). The Bertz CT molecular complexity index is 905. The molecule has 57 heavy (non-hydrogen) atoms. The number of hydrogen-bond donors (Lipinski definition) is 1. The molecule has 0 amide bonds. The summed E-state index contributed by atoms with van der Waals surface area (Å²) in [6.07, 6.45) is 43.1. The van der Waals surface area contributed by atoms with Crippen LogP contribution in [0.1, 0.15) is 245 Å². The van der Waals surface area contributed by atoms with Gasteiger partial charge in [-0.1, -0.05) is 213 Å². The predicted molar refractivity (Wildman–Crippen MR) is 239 cm³/mol. The summed E-state index contributed by atoms with van der Waals surface area (Å²) in [7, 11) is 5.54. The Labute approximate surface area is 353 Å². The number of carboxylic acids is 1. The highest BCUT2D eigenvalue weighted by atomic mass is 16.6. The monoisotopic (exact) mass is 811 g/mol. The van der Waals surface area contributed by atoms with Crippen molar-refractivity contribution in [2.45, 2.75) is 257 Å². The first-order valence-corrected chi connectivity index (χ1v) is 24.6. The molecule has 0 saturated heterocycles. The first kappa shape index (κ1) is 55.3. The van der Waals surface area contributed by atoms with Crippen molar-refractivity contribution in [3.63, 3.8) is 0 Å². The van der Waals surface area contributed by atoms with Gasteiger partial charge in [0, 0.05) is 19.3 Å². The van der Waals surface area contributed by atoms with Crippen LogP contribution in [0.5, 0.6) is 0 Å². The van der Waals surface area contributed by atoms with Gasteiger partial charge in [0.05, 0.1) is 34.4 Å². The molecule has 0 aliphatic carbocycles. The van der Waals surface area contributed by atoms with Crippen LogP contribution < -0.4 is 0 Å². The van der Waals surface area contributed by atoms with Crippen molar-refractivity contribution >= 4 is 17.9 Å². The lowest BCUT2D eigenvalue weighted by Crippen LogP contribution is -2.50. The van der Waals surface area contributed by atoms with Gasteiger partial charge in [-0.15, -0.1) is 0 Å². The van der Waals surface area contributed by atoms with E-state index in [2.05, 4.69) is 13.8 Å². The summed E-state index contributed by atoms with van der Waals surface area (Å²) in [6, 6.07) is -0.608. The summed E-state index contributed by atoms with van der Waals surface area (Å²) in [5.41, 5.74) is 0. The van der Waals surface area contributed by atoms with Gasteiger partial charge in [0.25, 0.3) is 0 Å². The van der Waals surface area contributed by atoms with Crippen molar-refractivity contribution < 1.29 is 38.2 Å². The van der Waals surface area contributed by atoms with Crippen LogP contribution >= 0.6 is 0 Å². The molecule has 2 unspecified atom stereocenters. The van der Waals surface area contributed by atoms with Crippen LogP contribution in [0.15, 0.2) is 0 Å². The number of aliphatic carboxylic acids is 1. The molecule has 338 valence electrons. The van der Waals surface area contributed by atoms with E-state index in [1.54, 1.807) is 0 Å². The van der Waals surface area contributed by atoms with Crippen molar-refractivity contribution in [2.75, 3.05) is 41.0 Å². The molecule has 0 radical (unpaired) electrons. The van der Waals surface area contributed by atoms with E-state index >= 15 is 0 Å². The molecule has 1 N–H and O–H groups in total. The van der Waals surface area contributed by atoms with E-state index in [1.807, 2.05) is 21.1 Å². The summed E-state index contributed by atoms with van der Waals surface area (Å²) >= 11 is 0. The highest BCUT2D eigenvalue weighted by Crippen LogP contribution is 2.17. The molecule has 0 bridgehead atoms. The van der Waals surface area contributed by atoms with E-state index in [-0.39, 0.29) is 36.2 Å². The lowest BCUT2D eigenvalue weighted by molar-refractivity contribution is -0.887. The van der Waals surface area contributed by atoms with E-state index in [9.17, 15) is 19.5 Å². The number of nitrogens with zero attached hydrogens (tertiary/aromatic N) is 1. The maximum absolute atomic E-state index is 12.7. The van der Waals surface area contributed by atoms with Crippen LogP contribution in [0, 0.1) is 0 Å². The fourth-order valence-corrected chi connectivity index (χ4v) is 7.68. The molecular weight excluding hydrogens is 715 g/mol. The Kier molecular flexibility index (Phi) is 39.9. The minimum Gasteiger partial charge on any atom is -0.477 e. The lowest BCUT2D eigenvalue weighted by Gasteiger charge is -2.31. The number of carbonyl (C=O) groups is 3. The minimum atomic E-state index is -0.870. The van der Waals surface area contributed by atoms with Crippen LogP contribution in [0.25, 0.3) is 0 Å². The van der Waals surface area contributed by atoms with Gasteiger partial charge in [-0.2, -0.15) is 0 Å². The topological polar surface area (TPSA) is 99.1 Å². The van der Waals surface area contributed by atoms with Crippen molar-refractivity contribution in [2.24, 2.45) is 0 Å². The molecule has 0 fully saturated rings. The average Bonchev–Trinajstić information content (AvgIpc) is 3.17. The van der Waals surface area contributed by atoms with Gasteiger partial charge in [-0.3, -0.25) is 9.59 Å². The Morgan fingerprint density at radius 3 is 1.09 bits per heavy atom. The highest BCUT2D eigenvalue weighted by Gasteiger charge is 2.31. The van der Waals surface area contributed by atoms with Crippen molar-refractivity contribution in [3.8, 4) is 0 Å². The first-order chi connectivity index (χ1) is 27.6. The van der Waals surface area contributed by atoms with Gasteiger partial charge < -0.3 is 23.8 Å². The second-order valence-corrected chi connectivity index (χ2v) is 18.1. The van der Waals surface area contributed by atoms with Crippen LogP contribution in [0.2, 0.25) is 0 Å².